The Morgan fingerprint density at radius 2 is 1.83 bits per heavy atom. The summed E-state index contributed by atoms with van der Waals surface area (Å²) in [6.45, 7) is 13.2. The number of likely N-dealkylation sites (tertiary alicyclic amines) is 1. The Hall–Kier alpha value is -2.08. The number of nitrogens with zero attached hydrogens (tertiary/aromatic N) is 3. The average Bonchev–Trinajstić information content (AvgIpc) is 3.09. The third-order valence-corrected chi connectivity index (χ3v) is 5.53. The summed E-state index contributed by atoms with van der Waals surface area (Å²) in [5.41, 5.74) is 2.41. The van der Waals surface area contributed by atoms with Gasteiger partial charge < -0.3 is 15.5 Å². The molecule has 0 unspecified atom stereocenters. The molecule has 0 atom stereocenters. The van der Waals surface area contributed by atoms with E-state index in [1.807, 2.05) is 11.0 Å². The molecule has 0 aliphatic carbocycles. The molecule has 0 bridgehead atoms. The molecule has 0 radical (unpaired) electrons. The van der Waals surface area contributed by atoms with Crippen molar-refractivity contribution in [1.29, 1.82) is 0 Å². The van der Waals surface area contributed by atoms with E-state index in [0.29, 0.717) is 31.6 Å². The van der Waals surface area contributed by atoms with Gasteiger partial charge >= 0.3 is 0 Å². The van der Waals surface area contributed by atoms with Gasteiger partial charge in [-0.05, 0) is 51.7 Å². The van der Waals surface area contributed by atoms with E-state index in [4.69, 9.17) is 0 Å². The van der Waals surface area contributed by atoms with Crippen LogP contribution in [0.5, 0.6) is 0 Å². The van der Waals surface area contributed by atoms with Crippen molar-refractivity contribution in [2.24, 2.45) is 4.99 Å². The van der Waals surface area contributed by atoms with Crippen LogP contribution in [0.4, 0.5) is 0 Å². The normalized spacial score (nSPS) is 15.1. The maximum absolute atomic E-state index is 12.0. The summed E-state index contributed by atoms with van der Waals surface area (Å²) in [6.07, 6.45) is 2.73. The van der Waals surface area contributed by atoms with Gasteiger partial charge in [-0.1, -0.05) is 24.3 Å². The summed E-state index contributed by atoms with van der Waals surface area (Å²) in [5, 5.41) is 6.84. The van der Waals surface area contributed by atoms with Crippen molar-refractivity contribution in [3.8, 4) is 0 Å². The third-order valence-electron chi connectivity index (χ3n) is 5.53. The Kier molecular flexibility index (Phi) is 9.45. The Labute approximate surface area is 176 Å². The third kappa shape index (κ3) is 7.35. The van der Waals surface area contributed by atoms with Crippen molar-refractivity contribution in [3.63, 3.8) is 0 Å². The predicted octanol–water partition coefficient (Wildman–Crippen LogP) is 2.98. The number of benzene rings is 1. The summed E-state index contributed by atoms with van der Waals surface area (Å²) in [7, 11) is 1.80. The van der Waals surface area contributed by atoms with Crippen molar-refractivity contribution >= 4 is 11.9 Å². The van der Waals surface area contributed by atoms with Crippen molar-refractivity contribution < 1.29 is 4.79 Å². The Balaban J connectivity index is 1.81. The van der Waals surface area contributed by atoms with E-state index in [1.54, 1.807) is 7.05 Å². The first-order valence-corrected chi connectivity index (χ1v) is 11.0. The zero-order chi connectivity index (χ0) is 21.2. The molecule has 0 spiro atoms. The van der Waals surface area contributed by atoms with Gasteiger partial charge in [0.2, 0.25) is 5.91 Å². The molecule has 1 heterocycles. The number of rotatable bonds is 10. The number of carbonyl (C=O) groups excluding carboxylic acids is 1. The van der Waals surface area contributed by atoms with Gasteiger partial charge in [0.1, 0.15) is 0 Å². The number of amides is 1. The van der Waals surface area contributed by atoms with E-state index < -0.39 is 0 Å². The number of nitrogens with one attached hydrogen (secondary N) is 2. The SMILES string of the molecule is CN=C(NCCCN(C(C)C)C(C)C)NCc1ccccc1CN1CCCC1=O. The first kappa shape index (κ1) is 23.2. The molecule has 2 N–H and O–H groups in total. The minimum Gasteiger partial charge on any atom is -0.356 e. The lowest BCUT2D eigenvalue weighted by Crippen LogP contribution is -2.41. The zero-order valence-corrected chi connectivity index (χ0v) is 18.9. The highest BCUT2D eigenvalue weighted by molar-refractivity contribution is 5.79. The summed E-state index contributed by atoms with van der Waals surface area (Å²) < 4.78 is 0. The van der Waals surface area contributed by atoms with Gasteiger partial charge in [-0.25, -0.2) is 0 Å². The molecule has 2 rings (SSSR count). The monoisotopic (exact) mass is 401 g/mol. The molecule has 29 heavy (non-hydrogen) atoms. The highest BCUT2D eigenvalue weighted by Gasteiger charge is 2.20. The molecule has 1 amide bonds. The summed E-state index contributed by atoms with van der Waals surface area (Å²) in [5.74, 6) is 1.08. The summed E-state index contributed by atoms with van der Waals surface area (Å²) in [6, 6.07) is 9.46. The van der Waals surface area contributed by atoms with Crippen LogP contribution in [0, 0.1) is 0 Å². The maximum Gasteiger partial charge on any atom is 0.222 e. The van der Waals surface area contributed by atoms with E-state index >= 15 is 0 Å². The highest BCUT2D eigenvalue weighted by Crippen LogP contribution is 2.17. The van der Waals surface area contributed by atoms with Gasteiger partial charge in [-0.15, -0.1) is 0 Å². The van der Waals surface area contributed by atoms with Crippen LogP contribution in [0.3, 0.4) is 0 Å². The van der Waals surface area contributed by atoms with Crippen LogP contribution in [-0.4, -0.2) is 60.4 Å². The van der Waals surface area contributed by atoms with Gasteiger partial charge in [0.05, 0.1) is 0 Å². The fourth-order valence-electron chi connectivity index (χ4n) is 3.94. The Morgan fingerprint density at radius 1 is 1.14 bits per heavy atom. The topological polar surface area (TPSA) is 60.0 Å². The summed E-state index contributed by atoms with van der Waals surface area (Å²) in [4.78, 5) is 20.8. The first-order chi connectivity index (χ1) is 13.9. The molecule has 6 nitrogen and oxygen atoms in total. The van der Waals surface area contributed by atoms with E-state index in [-0.39, 0.29) is 5.91 Å². The fraction of sp³-hybridized carbons (Fsp3) is 0.652. The van der Waals surface area contributed by atoms with E-state index in [0.717, 1.165) is 38.4 Å². The zero-order valence-electron chi connectivity index (χ0n) is 18.9. The van der Waals surface area contributed by atoms with Crippen LogP contribution in [0.15, 0.2) is 29.3 Å². The number of hydrogen-bond acceptors (Lipinski definition) is 3. The molecule has 1 aliphatic heterocycles. The molecule has 0 saturated carbocycles. The van der Waals surface area contributed by atoms with Crippen molar-refractivity contribution in [2.45, 2.75) is 72.1 Å². The number of aliphatic imine (C=N–C) groups is 1. The van der Waals surface area contributed by atoms with Crippen LogP contribution < -0.4 is 10.6 Å². The minimum atomic E-state index is 0.266. The van der Waals surface area contributed by atoms with Gasteiger partial charge in [0.15, 0.2) is 5.96 Å². The first-order valence-electron chi connectivity index (χ1n) is 11.0. The average molecular weight is 402 g/mol. The van der Waals surface area contributed by atoms with Gasteiger partial charge in [0, 0.05) is 58.3 Å². The quantitative estimate of drug-likeness (QED) is 0.359. The van der Waals surface area contributed by atoms with Gasteiger partial charge in [0.25, 0.3) is 0 Å². The lowest BCUT2D eigenvalue weighted by molar-refractivity contribution is -0.128. The molecule has 1 saturated heterocycles. The predicted molar refractivity (Wildman–Crippen MR) is 121 cm³/mol. The lowest BCUT2D eigenvalue weighted by Gasteiger charge is -2.30. The van der Waals surface area contributed by atoms with E-state index in [9.17, 15) is 4.79 Å². The number of guanidine groups is 1. The molecule has 1 fully saturated rings. The fourth-order valence-corrected chi connectivity index (χ4v) is 3.94. The standard InChI is InChI=1S/C23H39N5O/c1-18(2)28(19(3)4)15-9-13-25-23(24-5)26-16-20-10-6-7-11-21(20)17-27-14-8-12-22(27)29/h6-7,10-11,18-19H,8-9,12-17H2,1-5H3,(H2,24,25,26). The van der Waals surface area contributed by atoms with E-state index in [2.05, 4.69) is 66.4 Å². The van der Waals surface area contributed by atoms with Crippen molar-refractivity contribution in [2.75, 3.05) is 26.7 Å². The molecule has 162 valence electrons. The molecule has 1 aliphatic rings. The molecule has 1 aromatic rings. The van der Waals surface area contributed by atoms with Crippen LogP contribution in [0.2, 0.25) is 0 Å². The van der Waals surface area contributed by atoms with Crippen LogP contribution >= 0.6 is 0 Å². The van der Waals surface area contributed by atoms with Crippen LogP contribution in [0.25, 0.3) is 0 Å². The second-order valence-electron chi connectivity index (χ2n) is 8.32. The largest absolute Gasteiger partial charge is 0.356 e. The molecular weight excluding hydrogens is 362 g/mol. The smallest absolute Gasteiger partial charge is 0.222 e. The van der Waals surface area contributed by atoms with Crippen LogP contribution in [0.1, 0.15) is 58.1 Å². The Bertz CT molecular complexity index is 663. The van der Waals surface area contributed by atoms with Gasteiger partial charge in [-0.3, -0.25) is 14.7 Å². The minimum absolute atomic E-state index is 0.266. The molecular formula is C23H39N5O. The maximum atomic E-state index is 12.0. The molecule has 6 heteroatoms. The number of carbonyl (C=O) groups is 1. The second-order valence-corrected chi connectivity index (χ2v) is 8.32. The van der Waals surface area contributed by atoms with Crippen molar-refractivity contribution in [1.82, 2.24) is 20.4 Å². The van der Waals surface area contributed by atoms with Crippen molar-refractivity contribution in [3.05, 3.63) is 35.4 Å². The van der Waals surface area contributed by atoms with Gasteiger partial charge in [-0.2, -0.15) is 0 Å². The number of hydrogen-bond donors (Lipinski definition) is 2. The Morgan fingerprint density at radius 3 is 2.41 bits per heavy atom. The molecule has 1 aromatic carbocycles. The summed E-state index contributed by atoms with van der Waals surface area (Å²) >= 11 is 0. The lowest BCUT2D eigenvalue weighted by atomic mass is 10.1. The highest BCUT2D eigenvalue weighted by atomic mass is 16.2. The van der Waals surface area contributed by atoms with Crippen LogP contribution in [-0.2, 0) is 17.9 Å². The second kappa shape index (κ2) is 11.8. The molecule has 0 aromatic heterocycles. The van der Waals surface area contributed by atoms with E-state index in [1.165, 1.54) is 11.1 Å².